The van der Waals surface area contributed by atoms with E-state index in [9.17, 15) is 4.79 Å². The predicted octanol–water partition coefficient (Wildman–Crippen LogP) is 4.99. The van der Waals surface area contributed by atoms with Gasteiger partial charge in [0.2, 0.25) is 0 Å². The summed E-state index contributed by atoms with van der Waals surface area (Å²) >= 11 is 3.43. The Kier molecular flexibility index (Phi) is 4.02. The number of benzene rings is 3. The van der Waals surface area contributed by atoms with Crippen LogP contribution in [-0.4, -0.2) is 6.29 Å². The largest absolute Gasteiger partial charge is 0.488 e. The van der Waals surface area contributed by atoms with Crippen LogP contribution in [0.2, 0.25) is 0 Å². The first-order valence-electron chi connectivity index (χ1n) is 6.62. The van der Waals surface area contributed by atoms with Gasteiger partial charge >= 0.3 is 0 Å². The van der Waals surface area contributed by atoms with Crippen molar-refractivity contribution in [3.05, 3.63) is 76.3 Å². The Bertz CT molecular complexity index is 791. The van der Waals surface area contributed by atoms with E-state index < -0.39 is 0 Å². The summed E-state index contributed by atoms with van der Waals surface area (Å²) in [6.07, 6.45) is 0.819. The second-order valence-electron chi connectivity index (χ2n) is 4.73. The van der Waals surface area contributed by atoms with E-state index in [2.05, 4.69) is 40.2 Å². The molecule has 3 heteroatoms. The molecule has 0 aliphatic rings. The van der Waals surface area contributed by atoms with Crippen LogP contribution in [0.1, 0.15) is 15.9 Å². The molecule has 3 rings (SSSR count). The van der Waals surface area contributed by atoms with Crippen molar-refractivity contribution < 1.29 is 9.53 Å². The third-order valence-electron chi connectivity index (χ3n) is 3.36. The first-order chi connectivity index (χ1) is 10.3. The number of halogens is 1. The van der Waals surface area contributed by atoms with E-state index in [1.54, 1.807) is 18.2 Å². The monoisotopic (exact) mass is 340 g/mol. The summed E-state index contributed by atoms with van der Waals surface area (Å²) in [7, 11) is 0. The third-order valence-corrected chi connectivity index (χ3v) is 3.97. The number of fused-ring (bicyclic) bond motifs is 1. The highest BCUT2D eigenvalue weighted by Crippen LogP contribution is 2.27. The van der Waals surface area contributed by atoms with Gasteiger partial charge in [0.05, 0.1) is 4.47 Å². The molecule has 3 aromatic rings. The van der Waals surface area contributed by atoms with Crippen molar-refractivity contribution in [2.45, 2.75) is 6.61 Å². The van der Waals surface area contributed by atoms with Crippen molar-refractivity contribution >= 4 is 33.0 Å². The van der Waals surface area contributed by atoms with Gasteiger partial charge in [0, 0.05) is 5.56 Å². The minimum atomic E-state index is 0.486. The average Bonchev–Trinajstić information content (AvgIpc) is 2.53. The average molecular weight is 341 g/mol. The van der Waals surface area contributed by atoms with Gasteiger partial charge in [-0.1, -0.05) is 42.5 Å². The fourth-order valence-electron chi connectivity index (χ4n) is 2.28. The van der Waals surface area contributed by atoms with Gasteiger partial charge in [-0.2, -0.15) is 0 Å². The molecule has 0 amide bonds. The zero-order chi connectivity index (χ0) is 14.7. The van der Waals surface area contributed by atoms with Crippen LogP contribution in [0.25, 0.3) is 10.8 Å². The lowest BCUT2D eigenvalue weighted by atomic mass is 10.1. The Hall–Kier alpha value is -2.13. The fraction of sp³-hybridized carbons (Fsp3) is 0.0556. The van der Waals surface area contributed by atoms with E-state index in [-0.39, 0.29) is 0 Å². The van der Waals surface area contributed by atoms with Gasteiger partial charge in [-0.3, -0.25) is 4.79 Å². The first-order valence-corrected chi connectivity index (χ1v) is 7.41. The zero-order valence-electron chi connectivity index (χ0n) is 11.3. The Morgan fingerprint density at radius 2 is 1.81 bits per heavy atom. The lowest BCUT2D eigenvalue weighted by Gasteiger charge is -2.10. The lowest BCUT2D eigenvalue weighted by Crippen LogP contribution is -1.97. The van der Waals surface area contributed by atoms with E-state index in [0.717, 1.165) is 22.1 Å². The lowest BCUT2D eigenvalue weighted by molar-refractivity contribution is 0.112. The van der Waals surface area contributed by atoms with E-state index in [1.807, 2.05) is 18.2 Å². The van der Waals surface area contributed by atoms with Crippen molar-refractivity contribution in [1.29, 1.82) is 0 Å². The Morgan fingerprint density at radius 3 is 2.62 bits per heavy atom. The van der Waals surface area contributed by atoms with Crippen LogP contribution in [0.4, 0.5) is 0 Å². The molecular weight excluding hydrogens is 328 g/mol. The van der Waals surface area contributed by atoms with Gasteiger partial charge < -0.3 is 4.74 Å². The minimum absolute atomic E-state index is 0.486. The molecule has 0 aliphatic carbocycles. The van der Waals surface area contributed by atoms with Crippen LogP contribution in [0.5, 0.6) is 5.75 Å². The molecule has 2 nitrogen and oxygen atoms in total. The van der Waals surface area contributed by atoms with Crippen LogP contribution in [0, 0.1) is 0 Å². The van der Waals surface area contributed by atoms with Gasteiger partial charge in [-0.15, -0.1) is 0 Å². The second-order valence-corrected chi connectivity index (χ2v) is 5.59. The molecule has 0 N–H and O–H groups in total. The highest BCUT2D eigenvalue weighted by Gasteiger charge is 2.05. The predicted molar refractivity (Wildman–Crippen MR) is 87.8 cm³/mol. The zero-order valence-corrected chi connectivity index (χ0v) is 12.8. The van der Waals surface area contributed by atoms with Crippen molar-refractivity contribution in [2.75, 3.05) is 0 Å². The molecule has 0 atom stereocenters. The van der Waals surface area contributed by atoms with E-state index in [4.69, 9.17) is 4.74 Å². The summed E-state index contributed by atoms with van der Waals surface area (Å²) in [4.78, 5) is 10.7. The van der Waals surface area contributed by atoms with Gasteiger partial charge in [0.15, 0.2) is 0 Å². The number of rotatable bonds is 4. The maximum absolute atomic E-state index is 10.7. The molecule has 0 radical (unpaired) electrons. The second kappa shape index (κ2) is 6.10. The molecule has 3 aromatic carbocycles. The Labute approximate surface area is 131 Å². The number of carbonyl (C=O) groups is 1. The third kappa shape index (κ3) is 2.98. The molecule has 0 saturated carbocycles. The minimum Gasteiger partial charge on any atom is -0.488 e. The normalized spacial score (nSPS) is 10.5. The van der Waals surface area contributed by atoms with Crippen molar-refractivity contribution in [1.82, 2.24) is 0 Å². The highest BCUT2D eigenvalue weighted by atomic mass is 79.9. The first kappa shape index (κ1) is 13.8. The molecule has 0 fully saturated rings. The van der Waals surface area contributed by atoms with Crippen LogP contribution < -0.4 is 4.74 Å². The Morgan fingerprint density at radius 1 is 1.00 bits per heavy atom. The summed E-state index contributed by atoms with van der Waals surface area (Å²) in [6.45, 7) is 0.486. The molecule has 0 heterocycles. The maximum Gasteiger partial charge on any atom is 0.150 e. The summed E-state index contributed by atoms with van der Waals surface area (Å²) < 4.78 is 6.65. The Balaban J connectivity index is 1.85. The highest BCUT2D eigenvalue weighted by molar-refractivity contribution is 9.10. The van der Waals surface area contributed by atoms with Crippen LogP contribution >= 0.6 is 15.9 Å². The van der Waals surface area contributed by atoms with Gasteiger partial charge in [-0.25, -0.2) is 0 Å². The summed E-state index contributed by atoms with van der Waals surface area (Å²) in [5.74, 6) is 0.730. The van der Waals surface area contributed by atoms with Crippen LogP contribution in [0.3, 0.4) is 0 Å². The molecule has 0 bridgehead atoms. The van der Waals surface area contributed by atoms with Gasteiger partial charge in [0.1, 0.15) is 18.6 Å². The molecule has 21 heavy (non-hydrogen) atoms. The molecule has 104 valence electrons. The van der Waals surface area contributed by atoms with Gasteiger partial charge in [0.25, 0.3) is 0 Å². The molecular formula is C18H13BrO2. The molecule has 0 spiro atoms. The summed E-state index contributed by atoms with van der Waals surface area (Å²) in [5, 5.41) is 2.40. The van der Waals surface area contributed by atoms with Gasteiger partial charge in [-0.05, 0) is 50.5 Å². The van der Waals surface area contributed by atoms with E-state index in [1.165, 1.54) is 10.8 Å². The van der Waals surface area contributed by atoms with Crippen LogP contribution in [0.15, 0.2) is 65.1 Å². The SMILES string of the molecule is O=Cc1ccc(OCc2cccc3ccccc23)c(Br)c1. The fourth-order valence-corrected chi connectivity index (χ4v) is 2.79. The standard InChI is InChI=1S/C18H13BrO2/c19-17-10-13(11-20)8-9-18(17)21-12-15-6-3-5-14-4-1-2-7-16(14)15/h1-11H,12H2. The molecule has 0 aliphatic heterocycles. The number of hydrogen-bond donors (Lipinski definition) is 0. The van der Waals surface area contributed by atoms with Crippen molar-refractivity contribution in [2.24, 2.45) is 0 Å². The topological polar surface area (TPSA) is 26.3 Å². The van der Waals surface area contributed by atoms with Crippen molar-refractivity contribution in [3.8, 4) is 5.75 Å². The smallest absolute Gasteiger partial charge is 0.150 e. The van der Waals surface area contributed by atoms with Crippen molar-refractivity contribution in [3.63, 3.8) is 0 Å². The maximum atomic E-state index is 10.7. The molecule has 0 unspecified atom stereocenters. The van der Waals surface area contributed by atoms with Crippen LogP contribution in [-0.2, 0) is 6.61 Å². The van der Waals surface area contributed by atoms with E-state index in [0.29, 0.717) is 12.2 Å². The summed E-state index contributed by atoms with van der Waals surface area (Å²) in [6, 6.07) is 19.7. The quantitative estimate of drug-likeness (QED) is 0.625. The number of ether oxygens (including phenoxy) is 1. The van der Waals surface area contributed by atoms with E-state index >= 15 is 0 Å². The number of aldehydes is 1. The number of carbonyl (C=O) groups excluding carboxylic acids is 1. The summed E-state index contributed by atoms with van der Waals surface area (Å²) in [5.41, 5.74) is 1.76. The number of hydrogen-bond acceptors (Lipinski definition) is 2. The molecule has 0 aromatic heterocycles. The molecule has 0 saturated heterocycles.